The van der Waals surface area contributed by atoms with Crippen molar-refractivity contribution in [2.75, 3.05) is 31.5 Å². The van der Waals surface area contributed by atoms with Crippen LogP contribution >= 0.6 is 0 Å². The number of alkyl halides is 3. The SMILES string of the molecule is O=C(Nc1cccc2ccccc12)N1CCN(Cc2cccc(C(F)(F)F)c2)CC1. The lowest BCUT2D eigenvalue weighted by Gasteiger charge is -2.34. The Kier molecular flexibility index (Phi) is 5.63. The summed E-state index contributed by atoms with van der Waals surface area (Å²) in [6.45, 7) is 2.70. The van der Waals surface area contributed by atoms with Crippen LogP contribution in [0.15, 0.2) is 66.7 Å². The first-order valence-corrected chi connectivity index (χ1v) is 9.82. The van der Waals surface area contributed by atoms with E-state index in [-0.39, 0.29) is 6.03 Å². The van der Waals surface area contributed by atoms with Crippen LogP contribution in [0, 0.1) is 0 Å². The molecule has 0 spiro atoms. The Bertz CT molecular complexity index is 1040. The highest BCUT2D eigenvalue weighted by atomic mass is 19.4. The van der Waals surface area contributed by atoms with Crippen LogP contribution in [-0.4, -0.2) is 42.0 Å². The first kappa shape index (κ1) is 20.2. The average molecular weight is 413 g/mol. The van der Waals surface area contributed by atoms with E-state index < -0.39 is 11.7 Å². The van der Waals surface area contributed by atoms with Gasteiger partial charge in [0.2, 0.25) is 0 Å². The molecule has 4 rings (SSSR count). The van der Waals surface area contributed by atoms with Crippen molar-refractivity contribution in [3.05, 3.63) is 77.9 Å². The van der Waals surface area contributed by atoms with Gasteiger partial charge >= 0.3 is 12.2 Å². The average Bonchev–Trinajstić information content (AvgIpc) is 2.74. The van der Waals surface area contributed by atoms with Crippen LogP contribution in [0.2, 0.25) is 0 Å². The monoisotopic (exact) mass is 413 g/mol. The molecule has 1 fully saturated rings. The predicted octanol–water partition coefficient (Wildman–Crippen LogP) is 5.21. The molecule has 1 aliphatic heterocycles. The molecule has 1 aliphatic rings. The minimum Gasteiger partial charge on any atom is -0.322 e. The van der Waals surface area contributed by atoms with Gasteiger partial charge in [0.15, 0.2) is 0 Å². The van der Waals surface area contributed by atoms with E-state index in [2.05, 4.69) is 10.2 Å². The van der Waals surface area contributed by atoms with Gasteiger partial charge in [-0.15, -0.1) is 0 Å². The minimum absolute atomic E-state index is 0.162. The lowest BCUT2D eigenvalue weighted by atomic mass is 10.1. The topological polar surface area (TPSA) is 35.6 Å². The highest BCUT2D eigenvalue weighted by molar-refractivity contribution is 6.01. The number of nitrogens with one attached hydrogen (secondary N) is 1. The van der Waals surface area contributed by atoms with Crippen LogP contribution < -0.4 is 5.32 Å². The third-order valence-electron chi connectivity index (χ3n) is 5.35. The van der Waals surface area contributed by atoms with Crippen molar-refractivity contribution < 1.29 is 18.0 Å². The quantitative estimate of drug-likeness (QED) is 0.640. The molecule has 0 unspecified atom stereocenters. The van der Waals surface area contributed by atoms with E-state index in [4.69, 9.17) is 0 Å². The number of urea groups is 1. The first-order chi connectivity index (χ1) is 14.4. The van der Waals surface area contributed by atoms with Crippen LogP contribution in [0.1, 0.15) is 11.1 Å². The normalized spacial score (nSPS) is 15.4. The van der Waals surface area contributed by atoms with Gasteiger partial charge in [0, 0.05) is 38.1 Å². The van der Waals surface area contributed by atoms with Crippen LogP contribution in [0.5, 0.6) is 0 Å². The number of rotatable bonds is 3. The molecule has 0 aromatic heterocycles. The molecule has 3 aromatic rings. The summed E-state index contributed by atoms with van der Waals surface area (Å²) in [6.07, 6.45) is -4.34. The summed E-state index contributed by atoms with van der Waals surface area (Å²) in [6, 6.07) is 18.9. The number of halogens is 3. The van der Waals surface area contributed by atoms with Gasteiger partial charge < -0.3 is 10.2 Å². The first-order valence-electron chi connectivity index (χ1n) is 9.82. The lowest BCUT2D eigenvalue weighted by Crippen LogP contribution is -2.49. The lowest BCUT2D eigenvalue weighted by molar-refractivity contribution is -0.137. The fraction of sp³-hybridized carbons (Fsp3) is 0.261. The minimum atomic E-state index is -4.34. The number of anilines is 1. The standard InChI is InChI=1S/C23H22F3N3O/c24-23(25,26)19-8-3-5-17(15-19)16-28-11-13-29(14-12-28)22(30)27-21-10-4-7-18-6-1-2-9-20(18)21/h1-10,15H,11-14,16H2,(H,27,30). The zero-order valence-electron chi connectivity index (χ0n) is 16.3. The molecule has 1 saturated heterocycles. The maximum absolute atomic E-state index is 12.9. The van der Waals surface area contributed by atoms with Gasteiger partial charge in [-0.1, -0.05) is 54.6 Å². The third-order valence-corrected chi connectivity index (χ3v) is 5.35. The van der Waals surface area contributed by atoms with Gasteiger partial charge in [-0.05, 0) is 23.1 Å². The number of fused-ring (bicyclic) bond motifs is 1. The van der Waals surface area contributed by atoms with Gasteiger partial charge in [0.1, 0.15) is 0 Å². The summed E-state index contributed by atoms with van der Waals surface area (Å²) in [5.41, 5.74) is 0.760. The summed E-state index contributed by atoms with van der Waals surface area (Å²) >= 11 is 0. The molecule has 3 aromatic carbocycles. The largest absolute Gasteiger partial charge is 0.416 e. The summed E-state index contributed by atoms with van der Waals surface area (Å²) in [5.74, 6) is 0. The molecule has 156 valence electrons. The van der Waals surface area contributed by atoms with Crippen LogP contribution in [-0.2, 0) is 12.7 Å². The Balaban J connectivity index is 1.35. The van der Waals surface area contributed by atoms with E-state index in [1.165, 1.54) is 12.1 Å². The van der Waals surface area contributed by atoms with E-state index >= 15 is 0 Å². The Morgan fingerprint density at radius 2 is 1.60 bits per heavy atom. The zero-order valence-corrected chi connectivity index (χ0v) is 16.3. The fourth-order valence-corrected chi connectivity index (χ4v) is 3.74. The van der Waals surface area contributed by atoms with E-state index in [1.807, 2.05) is 42.5 Å². The van der Waals surface area contributed by atoms with Crippen molar-refractivity contribution in [3.63, 3.8) is 0 Å². The van der Waals surface area contributed by atoms with E-state index in [0.717, 1.165) is 22.5 Å². The molecule has 2 amide bonds. The van der Waals surface area contributed by atoms with Crippen molar-refractivity contribution in [1.29, 1.82) is 0 Å². The van der Waals surface area contributed by atoms with Crippen molar-refractivity contribution >= 4 is 22.5 Å². The number of hydrogen-bond donors (Lipinski definition) is 1. The molecule has 7 heteroatoms. The number of carbonyl (C=O) groups excluding carboxylic acids is 1. The molecular formula is C23H22F3N3O. The number of hydrogen-bond acceptors (Lipinski definition) is 2. The highest BCUT2D eigenvalue weighted by Gasteiger charge is 2.30. The van der Waals surface area contributed by atoms with Crippen LogP contribution in [0.3, 0.4) is 0 Å². The highest BCUT2D eigenvalue weighted by Crippen LogP contribution is 2.30. The molecule has 30 heavy (non-hydrogen) atoms. The number of benzene rings is 3. The number of amides is 2. The predicted molar refractivity (Wildman–Crippen MR) is 111 cm³/mol. The number of carbonyl (C=O) groups is 1. The second-order valence-electron chi connectivity index (χ2n) is 7.42. The van der Waals surface area contributed by atoms with Gasteiger partial charge in [0.25, 0.3) is 0 Å². The molecular weight excluding hydrogens is 391 g/mol. The van der Waals surface area contributed by atoms with E-state index in [0.29, 0.717) is 38.3 Å². The zero-order chi connectivity index (χ0) is 21.1. The van der Waals surface area contributed by atoms with Crippen molar-refractivity contribution in [2.45, 2.75) is 12.7 Å². The van der Waals surface area contributed by atoms with Gasteiger partial charge in [0.05, 0.1) is 11.3 Å². The van der Waals surface area contributed by atoms with Gasteiger partial charge in [-0.25, -0.2) is 4.79 Å². The Morgan fingerprint density at radius 3 is 2.37 bits per heavy atom. The Morgan fingerprint density at radius 1 is 0.900 bits per heavy atom. The number of nitrogens with zero attached hydrogens (tertiary/aromatic N) is 2. The third kappa shape index (κ3) is 4.57. The second-order valence-corrected chi connectivity index (χ2v) is 7.42. The summed E-state index contributed by atoms with van der Waals surface area (Å²) in [4.78, 5) is 16.5. The molecule has 0 atom stereocenters. The molecule has 0 radical (unpaired) electrons. The Labute approximate surface area is 172 Å². The van der Waals surface area contributed by atoms with Crippen molar-refractivity contribution in [1.82, 2.24) is 9.80 Å². The maximum atomic E-state index is 12.9. The second kappa shape index (κ2) is 8.36. The van der Waals surface area contributed by atoms with Gasteiger partial charge in [-0.3, -0.25) is 4.90 Å². The molecule has 0 aliphatic carbocycles. The van der Waals surface area contributed by atoms with E-state index in [9.17, 15) is 18.0 Å². The Hall–Kier alpha value is -3.06. The summed E-state index contributed by atoms with van der Waals surface area (Å²) in [7, 11) is 0. The van der Waals surface area contributed by atoms with Crippen LogP contribution in [0.25, 0.3) is 10.8 Å². The fourth-order valence-electron chi connectivity index (χ4n) is 3.74. The maximum Gasteiger partial charge on any atom is 0.416 e. The molecule has 1 N–H and O–H groups in total. The molecule has 1 heterocycles. The van der Waals surface area contributed by atoms with Crippen molar-refractivity contribution in [3.8, 4) is 0 Å². The molecule has 0 bridgehead atoms. The smallest absolute Gasteiger partial charge is 0.322 e. The van der Waals surface area contributed by atoms with E-state index in [1.54, 1.807) is 11.0 Å². The number of piperazine rings is 1. The molecule has 4 nitrogen and oxygen atoms in total. The van der Waals surface area contributed by atoms with Crippen LogP contribution in [0.4, 0.5) is 23.7 Å². The molecule has 0 saturated carbocycles. The van der Waals surface area contributed by atoms with Gasteiger partial charge in [-0.2, -0.15) is 13.2 Å². The summed E-state index contributed by atoms with van der Waals surface area (Å²) in [5, 5.41) is 5.03. The van der Waals surface area contributed by atoms with Crippen molar-refractivity contribution in [2.24, 2.45) is 0 Å². The summed E-state index contributed by atoms with van der Waals surface area (Å²) < 4.78 is 38.7.